The first-order valence-electron chi connectivity index (χ1n) is 6.89. The number of para-hydroxylation sites is 1. The minimum absolute atomic E-state index is 0.0738. The van der Waals surface area contributed by atoms with Gasteiger partial charge >= 0.3 is 5.97 Å². The van der Waals surface area contributed by atoms with E-state index >= 15 is 0 Å². The third-order valence-corrected chi connectivity index (χ3v) is 3.53. The first kappa shape index (κ1) is 16.8. The Balaban J connectivity index is 1.69. The van der Waals surface area contributed by atoms with E-state index in [4.69, 9.17) is 9.47 Å². The molecule has 2 rings (SSSR count). The molecule has 116 valence electrons. The van der Waals surface area contributed by atoms with Crippen LogP contribution in [0.3, 0.4) is 0 Å². The summed E-state index contributed by atoms with van der Waals surface area (Å²) in [6, 6.07) is 16.8. The average molecular weight is 412 g/mol. The summed E-state index contributed by atoms with van der Waals surface area (Å²) in [6.45, 7) is 0.0100. The van der Waals surface area contributed by atoms with Crippen molar-refractivity contribution in [1.29, 1.82) is 0 Å². The Hall–Kier alpha value is -1.60. The lowest BCUT2D eigenvalue weighted by molar-refractivity contribution is -0.146. The van der Waals surface area contributed by atoms with E-state index in [2.05, 4.69) is 22.6 Å². The Kier molecular flexibility index (Phi) is 6.67. The zero-order valence-electron chi connectivity index (χ0n) is 11.9. The van der Waals surface area contributed by atoms with E-state index in [1.54, 1.807) is 12.1 Å². The normalized spacial score (nSPS) is 11.7. The first-order chi connectivity index (χ1) is 10.6. The number of carbonyl (C=O) groups is 1. The fourth-order valence-electron chi connectivity index (χ4n) is 1.81. The van der Waals surface area contributed by atoms with E-state index in [-0.39, 0.29) is 25.6 Å². The highest BCUT2D eigenvalue weighted by Gasteiger charge is 2.10. The minimum atomic E-state index is -0.847. The second kappa shape index (κ2) is 8.75. The number of hydrogen-bond donors (Lipinski definition) is 1. The van der Waals surface area contributed by atoms with Gasteiger partial charge in [-0.25, -0.2) is 0 Å². The molecule has 0 heterocycles. The van der Waals surface area contributed by atoms with E-state index in [0.29, 0.717) is 5.75 Å². The molecule has 2 aromatic carbocycles. The topological polar surface area (TPSA) is 55.8 Å². The smallest absolute Gasteiger partial charge is 0.310 e. The van der Waals surface area contributed by atoms with Gasteiger partial charge in [0.2, 0.25) is 0 Å². The number of carbonyl (C=O) groups excluding carboxylic acids is 1. The van der Waals surface area contributed by atoms with Crippen LogP contribution in [0, 0.1) is 3.57 Å². The molecular weight excluding hydrogens is 395 g/mol. The Morgan fingerprint density at radius 3 is 2.59 bits per heavy atom. The fraction of sp³-hybridized carbons (Fsp3) is 0.235. The Labute approximate surface area is 143 Å². The van der Waals surface area contributed by atoms with Crippen molar-refractivity contribution in [1.82, 2.24) is 0 Å². The lowest BCUT2D eigenvalue weighted by Crippen LogP contribution is -2.25. The van der Waals surface area contributed by atoms with Crippen molar-refractivity contribution < 1.29 is 19.4 Å². The van der Waals surface area contributed by atoms with Crippen molar-refractivity contribution in [3.8, 4) is 5.75 Å². The van der Waals surface area contributed by atoms with Gasteiger partial charge in [0, 0.05) is 3.57 Å². The largest absolute Gasteiger partial charge is 0.491 e. The standard InChI is InChI=1S/C17H17IO4/c18-14-6-4-5-13(9-14)10-17(20)22-12-15(19)11-21-16-7-2-1-3-8-16/h1-9,15,19H,10-12H2. The van der Waals surface area contributed by atoms with E-state index in [1.807, 2.05) is 42.5 Å². The number of aliphatic hydroxyl groups excluding tert-OH is 1. The number of halogens is 1. The molecule has 0 radical (unpaired) electrons. The van der Waals surface area contributed by atoms with Crippen LogP contribution in [0.4, 0.5) is 0 Å². The third kappa shape index (κ3) is 6.03. The summed E-state index contributed by atoms with van der Waals surface area (Å²) in [5.74, 6) is 0.312. The van der Waals surface area contributed by atoms with Gasteiger partial charge in [-0.1, -0.05) is 30.3 Å². The number of esters is 1. The highest BCUT2D eigenvalue weighted by atomic mass is 127. The van der Waals surface area contributed by atoms with E-state index in [9.17, 15) is 9.90 Å². The van der Waals surface area contributed by atoms with Gasteiger partial charge < -0.3 is 14.6 Å². The van der Waals surface area contributed by atoms with Crippen LogP contribution in [0.5, 0.6) is 5.75 Å². The molecule has 0 aliphatic rings. The minimum Gasteiger partial charge on any atom is -0.491 e. The molecule has 0 aliphatic carbocycles. The summed E-state index contributed by atoms with van der Waals surface area (Å²) >= 11 is 2.19. The summed E-state index contributed by atoms with van der Waals surface area (Å²) < 4.78 is 11.5. The summed E-state index contributed by atoms with van der Waals surface area (Å²) in [5, 5.41) is 9.77. The lowest BCUT2D eigenvalue weighted by atomic mass is 10.2. The molecule has 5 heteroatoms. The predicted molar refractivity (Wildman–Crippen MR) is 91.8 cm³/mol. The van der Waals surface area contributed by atoms with Gasteiger partial charge in [-0.15, -0.1) is 0 Å². The number of ether oxygens (including phenoxy) is 2. The first-order valence-corrected chi connectivity index (χ1v) is 7.97. The van der Waals surface area contributed by atoms with Gasteiger partial charge in [-0.2, -0.15) is 0 Å². The molecule has 0 fully saturated rings. The second-order valence-corrected chi connectivity index (χ2v) is 6.01. The number of aliphatic hydroxyl groups is 1. The van der Waals surface area contributed by atoms with E-state index in [0.717, 1.165) is 9.13 Å². The molecule has 0 bridgehead atoms. The van der Waals surface area contributed by atoms with Crippen LogP contribution in [0.25, 0.3) is 0 Å². The van der Waals surface area contributed by atoms with Gasteiger partial charge in [0.15, 0.2) is 0 Å². The van der Waals surface area contributed by atoms with Crippen LogP contribution in [0.15, 0.2) is 54.6 Å². The molecule has 4 nitrogen and oxygen atoms in total. The van der Waals surface area contributed by atoms with Crippen molar-refractivity contribution in [3.63, 3.8) is 0 Å². The molecule has 0 saturated carbocycles. The summed E-state index contributed by atoms with van der Waals surface area (Å²) in [6.07, 6.45) is -0.650. The molecule has 22 heavy (non-hydrogen) atoms. The van der Waals surface area contributed by atoms with Gasteiger partial charge in [0.05, 0.1) is 6.42 Å². The molecule has 2 aromatic rings. The van der Waals surface area contributed by atoms with Gasteiger partial charge in [-0.05, 0) is 52.4 Å². The van der Waals surface area contributed by atoms with Gasteiger partial charge in [0.1, 0.15) is 25.1 Å². The summed E-state index contributed by atoms with van der Waals surface area (Å²) in [5.41, 5.74) is 0.895. The van der Waals surface area contributed by atoms with Crippen molar-refractivity contribution in [2.45, 2.75) is 12.5 Å². The van der Waals surface area contributed by atoms with E-state index in [1.165, 1.54) is 0 Å². The van der Waals surface area contributed by atoms with E-state index < -0.39 is 6.10 Å². The molecule has 0 aliphatic heterocycles. The highest BCUT2D eigenvalue weighted by Crippen LogP contribution is 2.10. The zero-order chi connectivity index (χ0) is 15.8. The highest BCUT2D eigenvalue weighted by molar-refractivity contribution is 14.1. The Morgan fingerprint density at radius 1 is 1.09 bits per heavy atom. The quantitative estimate of drug-likeness (QED) is 0.562. The van der Waals surface area contributed by atoms with Crippen LogP contribution in [-0.4, -0.2) is 30.4 Å². The molecule has 1 unspecified atom stereocenters. The predicted octanol–water partition coefficient (Wildman–Crippen LogP) is 2.82. The number of hydrogen-bond acceptors (Lipinski definition) is 4. The SMILES string of the molecule is O=C(Cc1cccc(I)c1)OCC(O)COc1ccccc1. The van der Waals surface area contributed by atoms with Crippen LogP contribution < -0.4 is 4.74 Å². The Bertz CT molecular complexity index is 601. The van der Waals surface area contributed by atoms with Crippen LogP contribution in [0.2, 0.25) is 0 Å². The number of rotatable bonds is 7. The van der Waals surface area contributed by atoms with Crippen molar-refractivity contribution >= 4 is 28.6 Å². The van der Waals surface area contributed by atoms with Crippen molar-refractivity contribution in [2.75, 3.05) is 13.2 Å². The lowest BCUT2D eigenvalue weighted by Gasteiger charge is -2.13. The summed E-state index contributed by atoms with van der Waals surface area (Å²) in [4.78, 5) is 11.7. The zero-order valence-corrected chi connectivity index (χ0v) is 14.1. The maximum atomic E-state index is 11.7. The maximum absolute atomic E-state index is 11.7. The summed E-state index contributed by atoms with van der Waals surface area (Å²) in [7, 11) is 0. The molecule has 0 amide bonds. The third-order valence-electron chi connectivity index (χ3n) is 2.86. The Morgan fingerprint density at radius 2 is 1.86 bits per heavy atom. The molecule has 0 spiro atoms. The van der Waals surface area contributed by atoms with Crippen LogP contribution in [0.1, 0.15) is 5.56 Å². The fourth-order valence-corrected chi connectivity index (χ4v) is 2.42. The number of benzene rings is 2. The average Bonchev–Trinajstić information content (AvgIpc) is 2.52. The van der Waals surface area contributed by atoms with Crippen molar-refractivity contribution in [3.05, 3.63) is 63.7 Å². The van der Waals surface area contributed by atoms with Gasteiger partial charge in [0.25, 0.3) is 0 Å². The maximum Gasteiger partial charge on any atom is 0.310 e. The monoisotopic (exact) mass is 412 g/mol. The molecule has 0 aromatic heterocycles. The van der Waals surface area contributed by atoms with Crippen LogP contribution >= 0.6 is 22.6 Å². The van der Waals surface area contributed by atoms with Crippen LogP contribution in [-0.2, 0) is 16.0 Å². The second-order valence-electron chi connectivity index (χ2n) is 4.77. The molecule has 1 atom stereocenters. The molecule has 0 saturated heterocycles. The van der Waals surface area contributed by atoms with Crippen molar-refractivity contribution in [2.24, 2.45) is 0 Å². The molecular formula is C17H17IO4. The molecule has 1 N–H and O–H groups in total. The van der Waals surface area contributed by atoms with Gasteiger partial charge in [-0.3, -0.25) is 4.79 Å².